The first-order chi connectivity index (χ1) is 7.38. The van der Waals surface area contributed by atoms with Crippen molar-refractivity contribution in [2.45, 2.75) is 0 Å². The smallest absolute Gasteiger partial charge is 0.445 e. The van der Waals surface area contributed by atoms with Gasteiger partial charge in [0, 0.05) is 0 Å². The molecule has 0 fully saturated rings. The highest BCUT2D eigenvalue weighted by molar-refractivity contribution is 6.73. The number of nitrogens with one attached hydrogen (secondary N) is 2. The van der Waals surface area contributed by atoms with E-state index in [0.29, 0.717) is 0 Å². The maximum absolute atomic E-state index is 12.4. The summed E-state index contributed by atoms with van der Waals surface area (Å²) in [5.41, 5.74) is -2.37. The molecule has 0 amide bonds. The number of aromatic amines is 2. The zero-order valence-electron chi connectivity index (χ0n) is 7.76. The second-order valence-electron chi connectivity index (χ2n) is 3.29. The van der Waals surface area contributed by atoms with Gasteiger partial charge >= 0.3 is 12.7 Å². The summed E-state index contributed by atoms with van der Waals surface area (Å²) in [5, 5.41) is -0.184. The minimum Gasteiger partial charge on any atom is -0.445 e. The van der Waals surface area contributed by atoms with Gasteiger partial charge < -0.3 is 17.9 Å². The summed E-state index contributed by atoms with van der Waals surface area (Å²) in [6.45, 7) is -5.15. The molecule has 16 heavy (non-hydrogen) atoms. The molecule has 0 unspecified atom stereocenters. The predicted molar refractivity (Wildman–Crippen MR) is 53.9 cm³/mol. The average Bonchev–Trinajstić information content (AvgIpc) is 2.15. The Kier molecular flexibility index (Phi) is 2.14. The standard InChI is InChI=1S/C8H5BF3N2O2/c10-9(11,12)4-1-2-6-5(3-4)7(15)14-8(16)13-6/h1-3H,(H2,13,14,15,16)/q-1. The number of benzene rings is 1. The normalized spacial score (nSPS) is 11.9. The Labute approximate surface area is 86.2 Å². The van der Waals surface area contributed by atoms with E-state index in [1.165, 1.54) is 0 Å². The maximum atomic E-state index is 12.4. The molecule has 2 rings (SSSR count). The van der Waals surface area contributed by atoms with Gasteiger partial charge in [-0.1, -0.05) is 12.1 Å². The average molecular weight is 229 g/mol. The second-order valence-corrected chi connectivity index (χ2v) is 3.29. The van der Waals surface area contributed by atoms with Crippen molar-refractivity contribution < 1.29 is 12.9 Å². The summed E-state index contributed by atoms with van der Waals surface area (Å²) in [6.07, 6.45) is 0. The SMILES string of the molecule is O=c1[nH]c(=O)c2cc([B-](F)(F)F)ccc2[nH]1. The van der Waals surface area contributed by atoms with Crippen molar-refractivity contribution in [3.63, 3.8) is 0 Å². The first-order valence-corrected chi connectivity index (χ1v) is 4.34. The number of rotatable bonds is 1. The molecule has 0 spiro atoms. The Hall–Kier alpha value is -1.99. The predicted octanol–water partition coefficient (Wildman–Crippen LogP) is 0.271. The van der Waals surface area contributed by atoms with E-state index in [1.807, 2.05) is 4.98 Å². The largest absolute Gasteiger partial charge is 0.509 e. The van der Waals surface area contributed by atoms with Gasteiger partial charge in [-0.05, 0) is 6.07 Å². The van der Waals surface area contributed by atoms with Crippen LogP contribution in [0.15, 0.2) is 27.8 Å². The summed E-state index contributed by atoms with van der Waals surface area (Å²) < 4.78 is 37.2. The van der Waals surface area contributed by atoms with E-state index in [-0.39, 0.29) is 10.9 Å². The fourth-order valence-electron chi connectivity index (χ4n) is 1.39. The highest BCUT2D eigenvalue weighted by Gasteiger charge is 2.25. The number of fused-ring (bicyclic) bond motifs is 1. The molecule has 4 nitrogen and oxygen atoms in total. The molecule has 84 valence electrons. The highest BCUT2D eigenvalue weighted by atomic mass is 19.4. The van der Waals surface area contributed by atoms with Gasteiger partial charge in [0.15, 0.2) is 0 Å². The lowest BCUT2D eigenvalue weighted by atomic mass is 9.80. The Morgan fingerprint density at radius 2 is 1.75 bits per heavy atom. The number of hydrogen-bond donors (Lipinski definition) is 2. The highest BCUT2D eigenvalue weighted by Crippen LogP contribution is 2.11. The van der Waals surface area contributed by atoms with Crippen LogP contribution in [0.25, 0.3) is 10.9 Å². The molecular formula is C8H5BF3N2O2-. The Morgan fingerprint density at radius 3 is 2.38 bits per heavy atom. The number of halogens is 3. The molecule has 1 aromatic carbocycles. The monoisotopic (exact) mass is 229 g/mol. The number of H-pyrrole nitrogens is 2. The third-order valence-corrected chi connectivity index (χ3v) is 2.14. The third kappa shape index (κ3) is 1.73. The summed E-state index contributed by atoms with van der Waals surface area (Å²) in [7, 11) is 0. The van der Waals surface area contributed by atoms with Crippen molar-refractivity contribution in [2.75, 3.05) is 0 Å². The Morgan fingerprint density at radius 1 is 1.06 bits per heavy atom. The molecule has 2 N–H and O–H groups in total. The van der Waals surface area contributed by atoms with Gasteiger partial charge in [-0.3, -0.25) is 9.78 Å². The van der Waals surface area contributed by atoms with Crippen LogP contribution in [0.2, 0.25) is 0 Å². The molecule has 8 heteroatoms. The van der Waals surface area contributed by atoms with Crippen molar-refractivity contribution in [1.82, 2.24) is 9.97 Å². The van der Waals surface area contributed by atoms with Gasteiger partial charge in [0.25, 0.3) is 5.56 Å². The van der Waals surface area contributed by atoms with Gasteiger partial charge in [-0.25, -0.2) is 4.79 Å². The van der Waals surface area contributed by atoms with Crippen LogP contribution in [-0.4, -0.2) is 16.9 Å². The fraction of sp³-hybridized carbons (Fsp3) is 0. The van der Waals surface area contributed by atoms with E-state index in [0.717, 1.165) is 18.2 Å². The lowest BCUT2D eigenvalue weighted by Gasteiger charge is -2.14. The molecule has 2 aromatic rings. The number of aromatic nitrogens is 2. The first-order valence-electron chi connectivity index (χ1n) is 4.34. The summed E-state index contributed by atoms with van der Waals surface area (Å²) in [6, 6.07) is 2.62. The first kappa shape index (κ1) is 10.5. The van der Waals surface area contributed by atoms with Crippen LogP contribution in [0.3, 0.4) is 0 Å². The van der Waals surface area contributed by atoms with E-state index in [2.05, 4.69) is 4.98 Å². The van der Waals surface area contributed by atoms with Gasteiger partial charge in [-0.2, -0.15) is 0 Å². The van der Waals surface area contributed by atoms with Crippen LogP contribution in [0, 0.1) is 0 Å². The molecule has 1 aromatic heterocycles. The molecule has 0 radical (unpaired) electrons. The van der Waals surface area contributed by atoms with Crippen LogP contribution in [-0.2, 0) is 0 Å². The summed E-state index contributed by atoms with van der Waals surface area (Å²) in [4.78, 5) is 26.2. The fourth-order valence-corrected chi connectivity index (χ4v) is 1.39. The van der Waals surface area contributed by atoms with Crippen LogP contribution in [0.1, 0.15) is 0 Å². The summed E-state index contributed by atoms with van der Waals surface area (Å²) >= 11 is 0. The van der Waals surface area contributed by atoms with Gasteiger partial charge in [0.1, 0.15) is 0 Å². The van der Waals surface area contributed by atoms with E-state index >= 15 is 0 Å². The van der Waals surface area contributed by atoms with Crippen molar-refractivity contribution >= 4 is 23.3 Å². The Balaban J connectivity index is 2.82. The molecule has 0 atom stereocenters. The van der Waals surface area contributed by atoms with Gasteiger partial charge in [-0.15, -0.1) is 5.46 Å². The van der Waals surface area contributed by atoms with Crippen molar-refractivity contribution in [3.05, 3.63) is 39.0 Å². The van der Waals surface area contributed by atoms with Gasteiger partial charge in [0.2, 0.25) is 0 Å². The van der Waals surface area contributed by atoms with E-state index in [1.54, 1.807) is 0 Å². The topological polar surface area (TPSA) is 65.7 Å². The Bertz CT molecular complexity index is 659. The second kappa shape index (κ2) is 3.26. The molecule has 0 aliphatic carbocycles. The van der Waals surface area contributed by atoms with E-state index in [4.69, 9.17) is 0 Å². The zero-order valence-corrected chi connectivity index (χ0v) is 7.76. The lowest BCUT2D eigenvalue weighted by molar-refractivity contribution is 0.501. The minimum atomic E-state index is -5.15. The molecule has 0 aliphatic rings. The lowest BCUT2D eigenvalue weighted by Crippen LogP contribution is -2.34. The van der Waals surface area contributed by atoms with Crippen LogP contribution >= 0.6 is 0 Å². The van der Waals surface area contributed by atoms with E-state index in [9.17, 15) is 22.5 Å². The zero-order chi connectivity index (χ0) is 11.9. The van der Waals surface area contributed by atoms with Crippen molar-refractivity contribution in [3.8, 4) is 0 Å². The quantitative estimate of drug-likeness (QED) is 0.689. The summed E-state index contributed by atoms with van der Waals surface area (Å²) in [5.74, 6) is 0. The van der Waals surface area contributed by atoms with Crippen LogP contribution < -0.4 is 16.7 Å². The number of hydrogen-bond acceptors (Lipinski definition) is 2. The molecule has 0 aliphatic heterocycles. The minimum absolute atomic E-state index is 0.0811. The molecule has 0 bridgehead atoms. The molecule has 0 saturated heterocycles. The van der Waals surface area contributed by atoms with Gasteiger partial charge in [0.05, 0.1) is 10.9 Å². The van der Waals surface area contributed by atoms with Crippen molar-refractivity contribution in [2.24, 2.45) is 0 Å². The van der Waals surface area contributed by atoms with Crippen LogP contribution in [0.5, 0.6) is 0 Å². The maximum Gasteiger partial charge on any atom is 0.509 e. The van der Waals surface area contributed by atoms with E-state index < -0.39 is 23.7 Å². The molecule has 0 saturated carbocycles. The third-order valence-electron chi connectivity index (χ3n) is 2.14. The van der Waals surface area contributed by atoms with Crippen molar-refractivity contribution in [1.29, 1.82) is 0 Å². The molecular weight excluding hydrogens is 224 g/mol. The molecule has 1 heterocycles. The van der Waals surface area contributed by atoms with Crippen LogP contribution in [0.4, 0.5) is 12.9 Å².